The van der Waals surface area contributed by atoms with E-state index in [-0.39, 0.29) is 5.91 Å². The zero-order chi connectivity index (χ0) is 12.7. The van der Waals surface area contributed by atoms with Crippen molar-refractivity contribution in [2.24, 2.45) is 5.73 Å². The largest absolute Gasteiger partial charge is 0.392 e. The summed E-state index contributed by atoms with van der Waals surface area (Å²) in [6.07, 6.45) is 0. The molecule has 0 bridgehead atoms. The molecule has 17 heavy (non-hydrogen) atoms. The van der Waals surface area contributed by atoms with Crippen LogP contribution in [0.4, 0.5) is 0 Å². The molecule has 1 aromatic rings. The van der Waals surface area contributed by atoms with E-state index in [1.54, 1.807) is 4.90 Å². The lowest BCUT2D eigenvalue weighted by Gasteiger charge is -2.19. The van der Waals surface area contributed by atoms with Crippen molar-refractivity contribution in [2.45, 2.75) is 11.8 Å². The van der Waals surface area contributed by atoms with Gasteiger partial charge in [0.2, 0.25) is 5.91 Å². The molecule has 5 heteroatoms. The van der Waals surface area contributed by atoms with Crippen LogP contribution in [-0.4, -0.2) is 34.6 Å². The van der Waals surface area contributed by atoms with Crippen molar-refractivity contribution in [3.8, 4) is 0 Å². The second-order valence-corrected chi connectivity index (χ2v) is 5.05. The third kappa shape index (κ3) is 5.19. The van der Waals surface area contributed by atoms with Crippen LogP contribution in [0.2, 0.25) is 0 Å². The fraction of sp³-hybridized carbons (Fsp3) is 0.333. The summed E-state index contributed by atoms with van der Waals surface area (Å²) in [5.74, 6) is 0.481. The first-order valence-corrected chi connectivity index (χ1v) is 6.76. The van der Waals surface area contributed by atoms with Crippen molar-refractivity contribution >= 4 is 34.9 Å². The third-order valence-corrected chi connectivity index (χ3v) is 3.31. The first-order valence-electron chi connectivity index (χ1n) is 5.37. The van der Waals surface area contributed by atoms with Gasteiger partial charge in [-0.3, -0.25) is 4.79 Å². The lowest BCUT2D eigenvalue weighted by atomic mass is 10.4. The van der Waals surface area contributed by atoms with Gasteiger partial charge in [0.25, 0.3) is 0 Å². The second-order valence-electron chi connectivity index (χ2n) is 3.48. The summed E-state index contributed by atoms with van der Waals surface area (Å²) in [5, 5.41) is 0. The van der Waals surface area contributed by atoms with Gasteiger partial charge in [-0.2, -0.15) is 0 Å². The Labute approximate surface area is 111 Å². The summed E-state index contributed by atoms with van der Waals surface area (Å²) < 4.78 is 0. The van der Waals surface area contributed by atoms with Crippen LogP contribution < -0.4 is 5.73 Å². The molecule has 0 saturated carbocycles. The number of benzene rings is 1. The van der Waals surface area contributed by atoms with E-state index in [9.17, 15) is 4.79 Å². The van der Waals surface area contributed by atoms with E-state index in [1.807, 2.05) is 37.3 Å². The molecular formula is C12H16N2OS2. The van der Waals surface area contributed by atoms with Crippen molar-refractivity contribution in [3.05, 3.63) is 30.3 Å². The summed E-state index contributed by atoms with van der Waals surface area (Å²) >= 11 is 6.34. The number of carbonyl (C=O) groups excluding carboxylic acids is 1. The standard InChI is InChI=1S/C12H16N2OS2/c1-2-14(8-11(13)16)12(15)9-17-10-6-4-3-5-7-10/h3-7H,2,8-9H2,1H3,(H2,13,16). The lowest BCUT2D eigenvalue weighted by molar-refractivity contribution is -0.127. The topological polar surface area (TPSA) is 46.3 Å². The van der Waals surface area contributed by atoms with Gasteiger partial charge in [-0.25, -0.2) is 0 Å². The summed E-state index contributed by atoms with van der Waals surface area (Å²) in [6.45, 7) is 2.91. The third-order valence-electron chi connectivity index (χ3n) is 2.19. The fourth-order valence-corrected chi connectivity index (χ4v) is 2.30. The molecule has 0 unspecified atom stereocenters. The summed E-state index contributed by atoms with van der Waals surface area (Å²) in [5.41, 5.74) is 5.44. The van der Waals surface area contributed by atoms with Gasteiger partial charge < -0.3 is 10.6 Å². The predicted octanol–water partition coefficient (Wildman–Crippen LogP) is 1.91. The molecule has 0 fully saturated rings. The number of amides is 1. The maximum Gasteiger partial charge on any atom is 0.233 e. The van der Waals surface area contributed by atoms with Gasteiger partial charge in [-0.15, -0.1) is 11.8 Å². The van der Waals surface area contributed by atoms with Crippen LogP contribution in [0.5, 0.6) is 0 Å². The monoisotopic (exact) mass is 268 g/mol. The quantitative estimate of drug-likeness (QED) is 0.632. The molecular weight excluding hydrogens is 252 g/mol. The van der Waals surface area contributed by atoms with Gasteiger partial charge in [-0.1, -0.05) is 30.4 Å². The highest BCUT2D eigenvalue weighted by Crippen LogP contribution is 2.17. The molecule has 0 aromatic heterocycles. The number of carbonyl (C=O) groups is 1. The molecule has 0 aliphatic rings. The van der Waals surface area contributed by atoms with Crippen LogP contribution in [0, 0.1) is 0 Å². The minimum atomic E-state index is 0.0640. The fourth-order valence-electron chi connectivity index (χ4n) is 1.32. The zero-order valence-electron chi connectivity index (χ0n) is 9.76. The second kappa shape index (κ2) is 7.29. The summed E-state index contributed by atoms with van der Waals surface area (Å²) in [6, 6.07) is 9.85. The molecule has 1 rings (SSSR count). The predicted molar refractivity (Wildman–Crippen MR) is 76.2 cm³/mol. The Morgan fingerprint density at radius 2 is 2.06 bits per heavy atom. The molecule has 3 nitrogen and oxygen atoms in total. The zero-order valence-corrected chi connectivity index (χ0v) is 11.4. The first kappa shape index (κ1) is 14.0. The van der Waals surface area contributed by atoms with E-state index < -0.39 is 0 Å². The number of hydrogen-bond donors (Lipinski definition) is 1. The Kier molecular flexibility index (Phi) is 6.00. The van der Waals surface area contributed by atoms with Crippen LogP contribution in [0.15, 0.2) is 35.2 Å². The Morgan fingerprint density at radius 3 is 2.59 bits per heavy atom. The average Bonchev–Trinajstić information content (AvgIpc) is 2.34. The smallest absolute Gasteiger partial charge is 0.233 e. The molecule has 0 atom stereocenters. The molecule has 0 aliphatic carbocycles. The molecule has 0 saturated heterocycles. The van der Waals surface area contributed by atoms with E-state index in [1.165, 1.54) is 11.8 Å². The first-order chi connectivity index (χ1) is 8.13. The maximum absolute atomic E-state index is 11.9. The SMILES string of the molecule is CCN(CC(N)=S)C(=O)CSc1ccccc1. The van der Waals surface area contributed by atoms with E-state index >= 15 is 0 Å². The molecule has 1 amide bonds. The van der Waals surface area contributed by atoms with E-state index in [0.717, 1.165) is 4.90 Å². The summed E-state index contributed by atoms with van der Waals surface area (Å²) in [4.78, 5) is 15.0. The molecule has 92 valence electrons. The van der Waals surface area contributed by atoms with Crippen LogP contribution >= 0.6 is 24.0 Å². The number of nitrogens with two attached hydrogens (primary N) is 1. The molecule has 1 aromatic carbocycles. The number of nitrogens with zero attached hydrogens (tertiary/aromatic N) is 1. The van der Waals surface area contributed by atoms with Crippen LogP contribution in [0.3, 0.4) is 0 Å². The van der Waals surface area contributed by atoms with Gasteiger partial charge in [0, 0.05) is 11.4 Å². The summed E-state index contributed by atoms with van der Waals surface area (Å²) in [7, 11) is 0. The highest BCUT2D eigenvalue weighted by molar-refractivity contribution is 8.00. The highest BCUT2D eigenvalue weighted by atomic mass is 32.2. The van der Waals surface area contributed by atoms with Gasteiger partial charge in [0.1, 0.15) is 0 Å². The van der Waals surface area contributed by atoms with Crippen LogP contribution in [0.25, 0.3) is 0 Å². The van der Waals surface area contributed by atoms with E-state index in [2.05, 4.69) is 0 Å². The minimum Gasteiger partial charge on any atom is -0.392 e. The number of thioether (sulfide) groups is 1. The van der Waals surface area contributed by atoms with Crippen molar-refractivity contribution in [1.82, 2.24) is 4.90 Å². The van der Waals surface area contributed by atoms with Crippen molar-refractivity contribution in [2.75, 3.05) is 18.8 Å². The Morgan fingerprint density at radius 1 is 1.41 bits per heavy atom. The number of likely N-dealkylation sites (N-methyl/N-ethyl adjacent to an activating group) is 1. The molecule has 0 aliphatic heterocycles. The van der Waals surface area contributed by atoms with Gasteiger partial charge in [0.05, 0.1) is 17.3 Å². The van der Waals surface area contributed by atoms with Crippen LogP contribution in [0.1, 0.15) is 6.92 Å². The lowest BCUT2D eigenvalue weighted by Crippen LogP contribution is -2.38. The van der Waals surface area contributed by atoms with E-state index in [4.69, 9.17) is 18.0 Å². The minimum absolute atomic E-state index is 0.0640. The average molecular weight is 268 g/mol. The van der Waals surface area contributed by atoms with Crippen molar-refractivity contribution in [3.63, 3.8) is 0 Å². The Bertz CT molecular complexity index is 381. The maximum atomic E-state index is 11.9. The van der Waals surface area contributed by atoms with E-state index in [0.29, 0.717) is 23.8 Å². The number of thiocarbonyl (C=S) groups is 1. The highest BCUT2D eigenvalue weighted by Gasteiger charge is 2.12. The Hall–Kier alpha value is -1.07. The Balaban J connectivity index is 2.45. The normalized spacial score (nSPS) is 9.94. The molecule has 0 heterocycles. The van der Waals surface area contributed by atoms with Crippen LogP contribution in [-0.2, 0) is 4.79 Å². The molecule has 0 spiro atoms. The molecule has 0 radical (unpaired) electrons. The number of hydrogen-bond acceptors (Lipinski definition) is 3. The molecule has 2 N–H and O–H groups in total. The van der Waals surface area contributed by atoms with Crippen molar-refractivity contribution < 1.29 is 4.79 Å². The van der Waals surface area contributed by atoms with Gasteiger partial charge in [0.15, 0.2) is 0 Å². The van der Waals surface area contributed by atoms with Crippen molar-refractivity contribution in [1.29, 1.82) is 0 Å². The van der Waals surface area contributed by atoms with Gasteiger partial charge in [-0.05, 0) is 19.1 Å². The van der Waals surface area contributed by atoms with Gasteiger partial charge >= 0.3 is 0 Å². The number of rotatable bonds is 6.